The number of nitriles is 1. The van der Waals surface area contributed by atoms with Crippen LogP contribution in [0.2, 0.25) is 0 Å². The van der Waals surface area contributed by atoms with Crippen LogP contribution < -0.4 is 15.9 Å². The molecule has 0 aliphatic heterocycles. The van der Waals surface area contributed by atoms with Gasteiger partial charge in [-0.25, -0.2) is 5.43 Å². The van der Waals surface area contributed by atoms with Crippen molar-refractivity contribution in [3.05, 3.63) is 39.8 Å². The number of hydrogen-bond donors (Lipinski definition) is 3. The van der Waals surface area contributed by atoms with Crippen LogP contribution in [0.3, 0.4) is 0 Å². The molecular formula is C15H14N4O3S. The largest absolute Gasteiger partial charge is 0.504 e. The van der Waals surface area contributed by atoms with Crippen LogP contribution in [0.15, 0.2) is 23.3 Å². The number of nitrogen functional groups attached to an aromatic ring is 1. The van der Waals surface area contributed by atoms with Crippen LogP contribution in [0, 0.1) is 18.3 Å². The van der Waals surface area contributed by atoms with Crippen LogP contribution >= 0.6 is 11.3 Å². The van der Waals surface area contributed by atoms with Gasteiger partial charge in [0, 0.05) is 0 Å². The average molecular weight is 330 g/mol. The summed E-state index contributed by atoms with van der Waals surface area (Å²) >= 11 is 1.04. The SMILES string of the molecule is COc1cc(C=NNC(=O)c2sc(N)c(C#N)c2C)ccc1O. The molecule has 0 atom stereocenters. The summed E-state index contributed by atoms with van der Waals surface area (Å²) in [7, 11) is 1.44. The van der Waals surface area contributed by atoms with Crippen LogP contribution in [-0.4, -0.2) is 24.3 Å². The summed E-state index contributed by atoms with van der Waals surface area (Å²) in [5, 5.41) is 22.6. The number of phenolic OH excluding ortho intramolecular Hbond substituents is 1. The molecule has 0 fully saturated rings. The molecule has 23 heavy (non-hydrogen) atoms. The number of nitrogens with one attached hydrogen (secondary N) is 1. The number of thiophene rings is 1. The summed E-state index contributed by atoms with van der Waals surface area (Å²) in [6.45, 7) is 1.66. The van der Waals surface area contributed by atoms with E-state index in [1.54, 1.807) is 19.1 Å². The van der Waals surface area contributed by atoms with E-state index < -0.39 is 5.91 Å². The number of anilines is 1. The third kappa shape index (κ3) is 3.41. The van der Waals surface area contributed by atoms with Crippen molar-refractivity contribution >= 4 is 28.5 Å². The Morgan fingerprint density at radius 2 is 2.30 bits per heavy atom. The van der Waals surface area contributed by atoms with E-state index in [1.807, 2.05) is 6.07 Å². The fraction of sp³-hybridized carbons (Fsp3) is 0.133. The lowest BCUT2D eigenvalue weighted by atomic mass is 10.2. The first-order valence-corrected chi connectivity index (χ1v) is 7.29. The molecule has 0 aliphatic carbocycles. The molecule has 1 aromatic carbocycles. The third-order valence-corrected chi connectivity index (χ3v) is 4.20. The van der Waals surface area contributed by atoms with Crippen molar-refractivity contribution < 1.29 is 14.6 Å². The van der Waals surface area contributed by atoms with E-state index in [4.69, 9.17) is 15.7 Å². The lowest BCUT2D eigenvalue weighted by molar-refractivity contribution is 0.0958. The molecule has 0 radical (unpaired) electrons. The molecule has 7 nitrogen and oxygen atoms in total. The van der Waals surface area contributed by atoms with Gasteiger partial charge in [-0.2, -0.15) is 10.4 Å². The van der Waals surface area contributed by atoms with E-state index in [0.29, 0.717) is 32.3 Å². The normalized spacial score (nSPS) is 10.5. The minimum atomic E-state index is -0.442. The number of aromatic hydroxyl groups is 1. The van der Waals surface area contributed by atoms with Crippen LogP contribution in [0.25, 0.3) is 0 Å². The van der Waals surface area contributed by atoms with E-state index >= 15 is 0 Å². The molecule has 0 spiro atoms. The first-order valence-electron chi connectivity index (χ1n) is 6.47. The highest BCUT2D eigenvalue weighted by molar-refractivity contribution is 7.18. The van der Waals surface area contributed by atoms with Gasteiger partial charge in [0.15, 0.2) is 11.5 Å². The van der Waals surface area contributed by atoms with Gasteiger partial charge in [-0.05, 0) is 36.2 Å². The number of nitrogens with zero attached hydrogens (tertiary/aromatic N) is 2. The zero-order valence-electron chi connectivity index (χ0n) is 12.5. The summed E-state index contributed by atoms with van der Waals surface area (Å²) in [4.78, 5) is 12.4. The highest BCUT2D eigenvalue weighted by atomic mass is 32.1. The number of carbonyl (C=O) groups is 1. The molecule has 0 unspecified atom stereocenters. The van der Waals surface area contributed by atoms with Crippen molar-refractivity contribution in [2.75, 3.05) is 12.8 Å². The maximum atomic E-state index is 12.1. The number of rotatable bonds is 4. The number of amides is 1. The number of phenols is 1. The molecule has 0 bridgehead atoms. The highest BCUT2D eigenvalue weighted by Gasteiger charge is 2.18. The Morgan fingerprint density at radius 3 is 2.91 bits per heavy atom. The summed E-state index contributed by atoms with van der Waals surface area (Å²) < 4.78 is 4.98. The zero-order valence-corrected chi connectivity index (χ0v) is 13.3. The number of hydrazone groups is 1. The molecule has 2 rings (SSSR count). The van der Waals surface area contributed by atoms with E-state index in [2.05, 4.69) is 10.5 Å². The summed E-state index contributed by atoms with van der Waals surface area (Å²) in [5.74, 6) is -0.120. The van der Waals surface area contributed by atoms with Gasteiger partial charge >= 0.3 is 0 Å². The van der Waals surface area contributed by atoms with Gasteiger partial charge in [0.25, 0.3) is 5.91 Å². The number of benzene rings is 1. The molecule has 2 aromatic rings. The molecule has 0 aliphatic rings. The smallest absolute Gasteiger partial charge is 0.281 e. The van der Waals surface area contributed by atoms with E-state index in [-0.39, 0.29) is 5.75 Å². The Morgan fingerprint density at radius 1 is 1.57 bits per heavy atom. The number of methoxy groups -OCH3 is 1. The topological polar surface area (TPSA) is 121 Å². The second-order valence-corrected chi connectivity index (χ2v) is 5.59. The fourth-order valence-corrected chi connectivity index (χ4v) is 2.80. The monoisotopic (exact) mass is 330 g/mol. The van der Waals surface area contributed by atoms with Gasteiger partial charge in [-0.15, -0.1) is 11.3 Å². The first-order chi connectivity index (χ1) is 11.0. The van der Waals surface area contributed by atoms with Gasteiger partial charge in [0.2, 0.25) is 0 Å². The Kier molecular flexibility index (Phi) is 4.83. The maximum absolute atomic E-state index is 12.1. The number of ether oxygens (including phenoxy) is 1. The molecule has 1 aromatic heterocycles. The summed E-state index contributed by atoms with van der Waals surface area (Å²) in [6.07, 6.45) is 1.41. The van der Waals surface area contributed by atoms with Crippen molar-refractivity contribution in [3.8, 4) is 17.6 Å². The molecule has 8 heteroatoms. The lowest BCUT2D eigenvalue weighted by Crippen LogP contribution is -2.17. The quantitative estimate of drug-likeness (QED) is 0.585. The van der Waals surface area contributed by atoms with Crippen molar-refractivity contribution in [2.45, 2.75) is 6.92 Å². The molecule has 1 heterocycles. The lowest BCUT2D eigenvalue weighted by Gasteiger charge is -2.03. The zero-order chi connectivity index (χ0) is 17.0. The minimum absolute atomic E-state index is 0.0161. The molecule has 1 amide bonds. The van der Waals surface area contributed by atoms with Crippen molar-refractivity contribution in [2.24, 2.45) is 5.10 Å². The predicted molar refractivity (Wildman–Crippen MR) is 87.9 cm³/mol. The highest BCUT2D eigenvalue weighted by Crippen LogP contribution is 2.29. The Bertz CT molecular complexity index is 821. The second-order valence-electron chi connectivity index (χ2n) is 4.54. The van der Waals surface area contributed by atoms with Crippen molar-refractivity contribution in [1.29, 1.82) is 5.26 Å². The number of nitrogens with two attached hydrogens (primary N) is 1. The van der Waals surface area contributed by atoms with Crippen LogP contribution in [0.1, 0.15) is 26.4 Å². The second kappa shape index (κ2) is 6.81. The fourth-order valence-electron chi connectivity index (χ4n) is 1.88. The van der Waals surface area contributed by atoms with E-state index in [9.17, 15) is 9.90 Å². The molecule has 4 N–H and O–H groups in total. The molecular weight excluding hydrogens is 316 g/mol. The van der Waals surface area contributed by atoms with Gasteiger partial charge in [0.1, 0.15) is 15.9 Å². The standard InChI is InChI=1S/C15H14N4O3S/c1-8-10(6-16)14(17)23-13(8)15(21)19-18-7-9-3-4-11(20)12(5-9)22-2/h3-5,7,20H,17H2,1-2H3,(H,19,21). The predicted octanol–water partition coefficient (Wildman–Crippen LogP) is 1.99. The molecule has 0 saturated heterocycles. The number of carbonyl (C=O) groups excluding carboxylic acids is 1. The Labute approximate surface area is 136 Å². The summed E-state index contributed by atoms with van der Waals surface area (Å²) in [6, 6.07) is 6.63. The molecule has 118 valence electrons. The minimum Gasteiger partial charge on any atom is -0.504 e. The van der Waals surface area contributed by atoms with E-state index in [0.717, 1.165) is 11.3 Å². The third-order valence-electron chi connectivity index (χ3n) is 3.08. The molecule has 0 saturated carbocycles. The Hall–Kier alpha value is -3.05. The van der Waals surface area contributed by atoms with E-state index in [1.165, 1.54) is 19.4 Å². The maximum Gasteiger partial charge on any atom is 0.281 e. The van der Waals surface area contributed by atoms with Crippen LogP contribution in [0.4, 0.5) is 5.00 Å². The first kappa shape index (κ1) is 16.3. The van der Waals surface area contributed by atoms with Crippen LogP contribution in [0.5, 0.6) is 11.5 Å². The van der Waals surface area contributed by atoms with Gasteiger partial charge < -0.3 is 15.6 Å². The van der Waals surface area contributed by atoms with Crippen molar-refractivity contribution in [1.82, 2.24) is 5.43 Å². The Balaban J connectivity index is 2.12. The number of hydrogen-bond acceptors (Lipinski definition) is 7. The van der Waals surface area contributed by atoms with Gasteiger partial charge in [-0.1, -0.05) is 0 Å². The van der Waals surface area contributed by atoms with Crippen molar-refractivity contribution in [3.63, 3.8) is 0 Å². The van der Waals surface area contributed by atoms with Gasteiger partial charge in [-0.3, -0.25) is 4.79 Å². The van der Waals surface area contributed by atoms with Gasteiger partial charge in [0.05, 0.1) is 18.9 Å². The van der Waals surface area contributed by atoms with Crippen LogP contribution in [-0.2, 0) is 0 Å². The average Bonchev–Trinajstić information content (AvgIpc) is 2.83. The summed E-state index contributed by atoms with van der Waals surface area (Å²) in [5.41, 5.74) is 9.56.